The van der Waals surface area contributed by atoms with E-state index in [9.17, 15) is 9.50 Å². The molecule has 1 aromatic heterocycles. The second-order valence-corrected chi connectivity index (χ2v) is 6.56. The average molecular weight is 354 g/mol. The van der Waals surface area contributed by atoms with Crippen molar-refractivity contribution in [1.82, 2.24) is 9.88 Å². The molecule has 0 atom stereocenters. The van der Waals surface area contributed by atoms with Crippen molar-refractivity contribution in [2.45, 2.75) is 6.92 Å². The molecule has 0 unspecified atom stereocenters. The Morgan fingerprint density at radius 3 is 2.77 bits per heavy atom. The van der Waals surface area contributed by atoms with Crippen LogP contribution >= 0.6 is 0 Å². The van der Waals surface area contributed by atoms with Crippen molar-refractivity contribution in [3.63, 3.8) is 0 Å². The summed E-state index contributed by atoms with van der Waals surface area (Å²) in [4.78, 5) is 9.35. The van der Waals surface area contributed by atoms with E-state index >= 15 is 0 Å². The van der Waals surface area contributed by atoms with Gasteiger partial charge in [-0.15, -0.1) is 0 Å². The lowest BCUT2D eigenvalue weighted by atomic mass is 10.1. The number of anilines is 1. The van der Waals surface area contributed by atoms with Crippen LogP contribution < -0.4 is 5.32 Å². The number of nitrogens with one attached hydrogen (secondary N) is 2. The van der Waals surface area contributed by atoms with E-state index in [1.807, 2.05) is 39.2 Å². The normalized spacial score (nSPS) is 11.7. The molecule has 0 spiro atoms. The number of aromatic hydroxyl groups is 1. The van der Waals surface area contributed by atoms with Crippen LogP contribution in [0.1, 0.15) is 11.1 Å². The fraction of sp³-hybridized carbons (Fsp3) is 0.250. The van der Waals surface area contributed by atoms with Crippen LogP contribution in [-0.2, 0) is 0 Å². The van der Waals surface area contributed by atoms with E-state index in [1.165, 1.54) is 12.1 Å². The minimum atomic E-state index is -0.352. The molecule has 0 aliphatic heterocycles. The van der Waals surface area contributed by atoms with E-state index < -0.39 is 0 Å². The number of rotatable bonds is 6. The summed E-state index contributed by atoms with van der Waals surface area (Å²) >= 11 is 0. The standard InChI is InChI=1S/C20H23FN4O/c1-13-10-15(5-7-18(13)22-8-9-25(2)3)23-12-17-16-6-4-14(21)11-19(16)24-20(17)26/h4-7,10-12,22,24,26H,8-9H2,1-3H3. The second kappa shape index (κ2) is 7.58. The fourth-order valence-corrected chi connectivity index (χ4v) is 2.79. The number of hydrogen-bond acceptors (Lipinski definition) is 4. The third-order valence-electron chi connectivity index (χ3n) is 4.21. The van der Waals surface area contributed by atoms with E-state index in [-0.39, 0.29) is 11.7 Å². The molecule has 136 valence electrons. The van der Waals surface area contributed by atoms with Gasteiger partial charge in [0.1, 0.15) is 5.82 Å². The molecular weight excluding hydrogens is 331 g/mol. The number of fused-ring (bicyclic) bond motifs is 1. The predicted molar refractivity (Wildman–Crippen MR) is 105 cm³/mol. The fourth-order valence-electron chi connectivity index (χ4n) is 2.79. The van der Waals surface area contributed by atoms with Crippen LogP contribution in [0.4, 0.5) is 15.8 Å². The first-order chi connectivity index (χ1) is 12.4. The largest absolute Gasteiger partial charge is 0.494 e. The van der Waals surface area contributed by atoms with Crippen molar-refractivity contribution >= 4 is 28.5 Å². The summed E-state index contributed by atoms with van der Waals surface area (Å²) in [6.45, 7) is 3.86. The van der Waals surface area contributed by atoms with Crippen molar-refractivity contribution in [2.24, 2.45) is 4.99 Å². The van der Waals surface area contributed by atoms with E-state index in [0.717, 1.165) is 35.4 Å². The topological polar surface area (TPSA) is 63.7 Å². The highest BCUT2D eigenvalue weighted by atomic mass is 19.1. The van der Waals surface area contributed by atoms with Gasteiger partial charge in [-0.2, -0.15) is 0 Å². The number of likely N-dealkylation sites (N-methyl/N-ethyl adjacent to an activating group) is 1. The maximum Gasteiger partial charge on any atom is 0.198 e. The van der Waals surface area contributed by atoms with Gasteiger partial charge >= 0.3 is 0 Å². The van der Waals surface area contributed by atoms with Gasteiger partial charge in [0.15, 0.2) is 5.88 Å². The molecular formula is C20H23FN4O. The summed E-state index contributed by atoms with van der Waals surface area (Å²) in [5.41, 5.74) is 4.06. The van der Waals surface area contributed by atoms with Gasteiger partial charge in [0, 0.05) is 30.4 Å². The first-order valence-corrected chi connectivity index (χ1v) is 8.47. The number of aromatic amines is 1. The second-order valence-electron chi connectivity index (χ2n) is 6.56. The monoisotopic (exact) mass is 354 g/mol. The minimum Gasteiger partial charge on any atom is -0.494 e. The molecule has 3 rings (SSSR count). The van der Waals surface area contributed by atoms with Crippen LogP contribution in [0.25, 0.3) is 10.9 Å². The van der Waals surface area contributed by atoms with E-state index in [1.54, 1.807) is 12.3 Å². The molecule has 0 bridgehead atoms. The van der Waals surface area contributed by atoms with E-state index in [2.05, 4.69) is 20.2 Å². The molecule has 6 heteroatoms. The molecule has 0 saturated heterocycles. The molecule has 26 heavy (non-hydrogen) atoms. The van der Waals surface area contributed by atoms with Crippen molar-refractivity contribution < 1.29 is 9.50 Å². The molecule has 1 heterocycles. The zero-order valence-corrected chi connectivity index (χ0v) is 15.2. The van der Waals surface area contributed by atoms with Crippen molar-refractivity contribution in [3.05, 3.63) is 53.3 Å². The number of hydrogen-bond donors (Lipinski definition) is 3. The van der Waals surface area contributed by atoms with Crippen molar-refractivity contribution in [2.75, 3.05) is 32.5 Å². The zero-order valence-electron chi connectivity index (χ0n) is 15.2. The molecule has 3 aromatic rings. The van der Waals surface area contributed by atoms with E-state index in [4.69, 9.17) is 0 Å². The molecule has 0 aliphatic rings. The number of nitrogens with zero attached hydrogens (tertiary/aromatic N) is 2. The quantitative estimate of drug-likeness (QED) is 0.585. The number of halogens is 1. The molecule has 0 radical (unpaired) electrons. The van der Waals surface area contributed by atoms with Gasteiger partial charge in [0.05, 0.1) is 16.8 Å². The first-order valence-electron chi connectivity index (χ1n) is 8.47. The molecule has 0 aliphatic carbocycles. The van der Waals surface area contributed by atoms with Crippen molar-refractivity contribution in [1.29, 1.82) is 0 Å². The summed E-state index contributed by atoms with van der Waals surface area (Å²) < 4.78 is 13.3. The van der Waals surface area contributed by atoms with Gasteiger partial charge < -0.3 is 20.3 Å². The smallest absolute Gasteiger partial charge is 0.198 e. The predicted octanol–water partition coefficient (Wildman–Crippen LogP) is 4.05. The Bertz CT molecular complexity index is 946. The van der Waals surface area contributed by atoms with Gasteiger partial charge in [-0.1, -0.05) is 0 Å². The summed E-state index contributed by atoms with van der Waals surface area (Å²) in [5, 5.41) is 14.2. The highest BCUT2D eigenvalue weighted by molar-refractivity contribution is 6.02. The van der Waals surface area contributed by atoms with Crippen LogP contribution in [0.15, 0.2) is 41.4 Å². The average Bonchev–Trinajstić information content (AvgIpc) is 2.88. The summed E-state index contributed by atoms with van der Waals surface area (Å²) in [7, 11) is 4.09. The number of aliphatic imine (C=N–C) groups is 1. The Morgan fingerprint density at radius 1 is 1.23 bits per heavy atom. The third-order valence-corrected chi connectivity index (χ3v) is 4.21. The molecule has 0 fully saturated rings. The Hall–Kier alpha value is -2.86. The lowest BCUT2D eigenvalue weighted by Crippen LogP contribution is -2.20. The zero-order chi connectivity index (χ0) is 18.7. The first kappa shape index (κ1) is 17.9. The number of aromatic nitrogens is 1. The van der Waals surface area contributed by atoms with Crippen LogP contribution in [-0.4, -0.2) is 48.4 Å². The maximum atomic E-state index is 13.3. The number of benzene rings is 2. The highest BCUT2D eigenvalue weighted by Gasteiger charge is 2.09. The van der Waals surface area contributed by atoms with Crippen LogP contribution in [0.2, 0.25) is 0 Å². The van der Waals surface area contributed by atoms with Gasteiger partial charge in [-0.05, 0) is 63.0 Å². The van der Waals surface area contributed by atoms with Crippen molar-refractivity contribution in [3.8, 4) is 5.88 Å². The lowest BCUT2D eigenvalue weighted by Gasteiger charge is -2.13. The number of aryl methyl sites for hydroxylation is 1. The SMILES string of the molecule is Cc1cc(N=Cc2c(O)[nH]c3cc(F)ccc23)ccc1NCCN(C)C. The lowest BCUT2D eigenvalue weighted by molar-refractivity contribution is 0.425. The Kier molecular flexibility index (Phi) is 5.23. The highest BCUT2D eigenvalue weighted by Crippen LogP contribution is 2.27. The summed E-state index contributed by atoms with van der Waals surface area (Å²) in [6.07, 6.45) is 1.60. The molecule has 3 N–H and O–H groups in total. The molecule has 2 aromatic carbocycles. The Balaban J connectivity index is 1.79. The van der Waals surface area contributed by atoms with E-state index in [0.29, 0.717) is 11.1 Å². The Morgan fingerprint density at radius 2 is 2.04 bits per heavy atom. The number of H-pyrrole nitrogens is 1. The molecule has 5 nitrogen and oxygen atoms in total. The molecule has 0 saturated carbocycles. The van der Waals surface area contributed by atoms with Gasteiger partial charge in [-0.3, -0.25) is 4.99 Å². The minimum absolute atomic E-state index is 0.0203. The van der Waals surface area contributed by atoms with Crippen LogP contribution in [0.5, 0.6) is 5.88 Å². The Labute approximate surface area is 152 Å². The maximum absolute atomic E-state index is 13.3. The van der Waals surface area contributed by atoms with Gasteiger partial charge in [0.25, 0.3) is 0 Å². The van der Waals surface area contributed by atoms with Crippen LogP contribution in [0.3, 0.4) is 0 Å². The van der Waals surface area contributed by atoms with Crippen LogP contribution in [0, 0.1) is 12.7 Å². The third kappa shape index (κ3) is 4.03. The summed E-state index contributed by atoms with van der Waals surface area (Å²) in [5.74, 6) is -0.372. The van der Waals surface area contributed by atoms with Gasteiger partial charge in [-0.25, -0.2) is 4.39 Å². The van der Waals surface area contributed by atoms with Gasteiger partial charge in [0.2, 0.25) is 0 Å². The molecule has 0 amide bonds. The summed E-state index contributed by atoms with van der Waals surface area (Å²) in [6, 6.07) is 10.3.